The van der Waals surface area contributed by atoms with Crippen LogP contribution in [0.25, 0.3) is 0 Å². The summed E-state index contributed by atoms with van der Waals surface area (Å²) < 4.78 is 6.69. The van der Waals surface area contributed by atoms with Crippen molar-refractivity contribution in [2.45, 2.75) is 29.8 Å². The predicted molar refractivity (Wildman–Crippen MR) is 66.3 cm³/mol. The summed E-state index contributed by atoms with van der Waals surface area (Å²) in [4.78, 5) is 16.1. The van der Waals surface area contributed by atoms with Crippen LogP contribution in [0.1, 0.15) is 12.6 Å². The molecule has 4 N–H and O–H groups in total. The van der Waals surface area contributed by atoms with Crippen LogP contribution in [0.15, 0.2) is 15.9 Å². The van der Waals surface area contributed by atoms with E-state index in [-0.39, 0.29) is 18.8 Å². The third-order valence-corrected chi connectivity index (χ3v) is 3.61. The number of rotatable bonds is 3. The summed E-state index contributed by atoms with van der Waals surface area (Å²) in [6, 6.07) is 0. The van der Waals surface area contributed by atoms with Gasteiger partial charge in [0.1, 0.15) is 18.1 Å². The number of hydrogen-bond donors (Lipinski definition) is 3. The molecule has 1 aliphatic rings. The zero-order chi connectivity index (χ0) is 13.3. The van der Waals surface area contributed by atoms with Gasteiger partial charge >= 0.3 is 5.69 Å². The maximum Gasteiger partial charge on any atom is 0.351 e. The Bertz CT molecular complexity index is 493. The van der Waals surface area contributed by atoms with E-state index < -0.39 is 24.1 Å². The van der Waals surface area contributed by atoms with Crippen LogP contribution in [0.4, 0.5) is 5.82 Å². The second kappa shape index (κ2) is 5.27. The molecule has 3 atom stereocenters. The Labute approximate surface area is 108 Å². The first-order chi connectivity index (χ1) is 8.56. The number of nitrogens with zero attached hydrogens (tertiary/aromatic N) is 2. The van der Waals surface area contributed by atoms with E-state index in [9.17, 15) is 9.90 Å². The Morgan fingerprint density at radius 3 is 3.00 bits per heavy atom. The van der Waals surface area contributed by atoms with Crippen LogP contribution in [0.2, 0.25) is 0 Å². The van der Waals surface area contributed by atoms with E-state index in [4.69, 9.17) is 15.6 Å². The number of nitrogens with two attached hydrogens (primary N) is 1. The summed E-state index contributed by atoms with van der Waals surface area (Å²) in [5, 5.41) is 18.6. The molecule has 2 heterocycles. The molecule has 0 saturated carbocycles. The molecule has 18 heavy (non-hydrogen) atoms. The molecule has 8 heteroatoms. The normalized spacial score (nSPS) is 27.6. The summed E-state index contributed by atoms with van der Waals surface area (Å²) >= 11 is 1.37. The summed E-state index contributed by atoms with van der Waals surface area (Å²) in [6.07, 6.45) is 1.54. The van der Waals surface area contributed by atoms with Gasteiger partial charge in [-0.15, -0.1) is 11.8 Å². The monoisotopic (exact) mass is 273 g/mol. The van der Waals surface area contributed by atoms with Crippen LogP contribution in [-0.4, -0.2) is 44.8 Å². The zero-order valence-electron chi connectivity index (χ0n) is 9.81. The minimum atomic E-state index is -0.790. The van der Waals surface area contributed by atoms with Gasteiger partial charge in [0.05, 0.1) is 17.6 Å². The molecule has 1 fully saturated rings. The molecule has 7 nitrogen and oxygen atoms in total. The third kappa shape index (κ3) is 2.37. The van der Waals surface area contributed by atoms with Gasteiger partial charge in [-0.25, -0.2) is 4.79 Å². The van der Waals surface area contributed by atoms with Gasteiger partial charge in [0.25, 0.3) is 0 Å². The molecule has 0 aromatic carbocycles. The maximum atomic E-state index is 11.7. The van der Waals surface area contributed by atoms with Crippen molar-refractivity contribution < 1.29 is 14.9 Å². The van der Waals surface area contributed by atoms with Crippen molar-refractivity contribution in [1.82, 2.24) is 9.55 Å². The molecule has 0 unspecified atom stereocenters. The minimum absolute atomic E-state index is 0.181. The highest BCUT2D eigenvalue weighted by Crippen LogP contribution is 2.29. The van der Waals surface area contributed by atoms with Crippen LogP contribution >= 0.6 is 11.8 Å². The first-order valence-electron chi connectivity index (χ1n) is 5.43. The summed E-state index contributed by atoms with van der Waals surface area (Å²) in [5.74, 6) is 0.181. The molecule has 1 aromatic heterocycles. The minimum Gasteiger partial charge on any atom is -0.394 e. The second-order valence-electron chi connectivity index (χ2n) is 4.00. The molecule has 2 rings (SSSR count). The molecular formula is C10H15N3O4S. The van der Waals surface area contributed by atoms with Gasteiger partial charge < -0.3 is 20.7 Å². The first-order valence-corrected chi connectivity index (χ1v) is 6.66. The average molecular weight is 273 g/mol. The van der Waals surface area contributed by atoms with Crippen LogP contribution in [0.3, 0.4) is 0 Å². The van der Waals surface area contributed by atoms with Crippen LogP contribution in [-0.2, 0) is 4.74 Å². The Morgan fingerprint density at radius 2 is 2.44 bits per heavy atom. The van der Waals surface area contributed by atoms with Gasteiger partial charge in [0, 0.05) is 12.6 Å². The van der Waals surface area contributed by atoms with E-state index in [0.717, 1.165) is 0 Å². The van der Waals surface area contributed by atoms with Crippen molar-refractivity contribution in [3.05, 3.63) is 16.7 Å². The molecule has 1 aliphatic heterocycles. The van der Waals surface area contributed by atoms with Gasteiger partial charge in [-0.2, -0.15) is 4.98 Å². The molecule has 0 amide bonds. The zero-order valence-corrected chi connectivity index (χ0v) is 10.6. The predicted octanol–water partition coefficient (Wildman–Crippen LogP) is -0.812. The molecule has 1 saturated heterocycles. The summed E-state index contributed by atoms with van der Waals surface area (Å²) in [5.41, 5.74) is 5.08. The van der Waals surface area contributed by atoms with Crippen molar-refractivity contribution in [2.75, 3.05) is 18.6 Å². The van der Waals surface area contributed by atoms with Gasteiger partial charge in [0.15, 0.2) is 0 Å². The lowest BCUT2D eigenvalue weighted by molar-refractivity contribution is -0.0460. The van der Waals surface area contributed by atoms with Crippen molar-refractivity contribution in [3.8, 4) is 0 Å². The first kappa shape index (κ1) is 13.3. The maximum absolute atomic E-state index is 11.7. The fourth-order valence-electron chi connectivity index (χ4n) is 1.88. The number of aliphatic hydroxyl groups excluding tert-OH is 2. The lowest BCUT2D eigenvalue weighted by atomic mass is 10.2. The van der Waals surface area contributed by atoms with E-state index in [1.807, 2.05) is 6.26 Å². The standard InChI is InChI=1S/C10H15N3O4S/c1-18-7-3-13(10(16)12-9(7)11)8-2-5(15)6(4-14)17-8/h3,5-6,8,14-15H,2,4H2,1H3,(H2,11,12,16)/t5-,6+,8+/m0/s1. The second-order valence-corrected chi connectivity index (χ2v) is 4.85. The third-order valence-electron chi connectivity index (χ3n) is 2.86. The van der Waals surface area contributed by atoms with Gasteiger partial charge in [-0.1, -0.05) is 0 Å². The average Bonchev–Trinajstić information content (AvgIpc) is 2.70. The van der Waals surface area contributed by atoms with Crippen molar-refractivity contribution in [1.29, 1.82) is 0 Å². The lowest BCUT2D eigenvalue weighted by Crippen LogP contribution is -2.28. The number of anilines is 1. The number of thioether (sulfide) groups is 1. The van der Waals surface area contributed by atoms with E-state index >= 15 is 0 Å². The Kier molecular flexibility index (Phi) is 3.91. The molecule has 0 spiro atoms. The molecule has 0 bridgehead atoms. The number of nitrogen functional groups attached to an aromatic ring is 1. The largest absolute Gasteiger partial charge is 0.394 e. The van der Waals surface area contributed by atoms with Crippen molar-refractivity contribution in [2.24, 2.45) is 0 Å². The highest BCUT2D eigenvalue weighted by Gasteiger charge is 2.35. The Morgan fingerprint density at radius 1 is 1.72 bits per heavy atom. The molecule has 0 aliphatic carbocycles. The smallest absolute Gasteiger partial charge is 0.351 e. The summed E-state index contributed by atoms with van der Waals surface area (Å²) in [6.45, 7) is -0.287. The Balaban J connectivity index is 2.32. The van der Waals surface area contributed by atoms with E-state index in [0.29, 0.717) is 4.90 Å². The summed E-state index contributed by atoms with van der Waals surface area (Å²) in [7, 11) is 0. The van der Waals surface area contributed by atoms with Crippen molar-refractivity contribution in [3.63, 3.8) is 0 Å². The Hall–Kier alpha value is -1.09. The lowest BCUT2D eigenvalue weighted by Gasteiger charge is -2.15. The molecular weight excluding hydrogens is 258 g/mol. The fraction of sp³-hybridized carbons (Fsp3) is 0.600. The fourth-order valence-corrected chi connectivity index (χ4v) is 2.35. The van der Waals surface area contributed by atoms with E-state index in [1.165, 1.54) is 16.3 Å². The highest BCUT2D eigenvalue weighted by atomic mass is 32.2. The van der Waals surface area contributed by atoms with Crippen LogP contribution in [0.5, 0.6) is 0 Å². The van der Waals surface area contributed by atoms with Gasteiger partial charge in [-0.05, 0) is 6.26 Å². The van der Waals surface area contributed by atoms with E-state index in [1.54, 1.807) is 6.20 Å². The molecule has 0 radical (unpaired) electrons. The molecule has 100 valence electrons. The van der Waals surface area contributed by atoms with Crippen LogP contribution < -0.4 is 11.4 Å². The quantitative estimate of drug-likeness (QED) is 0.617. The van der Waals surface area contributed by atoms with Gasteiger partial charge in [-0.3, -0.25) is 4.57 Å². The van der Waals surface area contributed by atoms with Gasteiger partial charge in [0.2, 0.25) is 0 Å². The highest BCUT2D eigenvalue weighted by molar-refractivity contribution is 7.98. The van der Waals surface area contributed by atoms with E-state index in [2.05, 4.69) is 4.98 Å². The number of hydrogen-bond acceptors (Lipinski definition) is 7. The number of aromatic nitrogens is 2. The molecule has 1 aromatic rings. The number of ether oxygens (including phenoxy) is 1. The van der Waals surface area contributed by atoms with Crippen molar-refractivity contribution >= 4 is 17.6 Å². The number of aliphatic hydroxyl groups is 2. The van der Waals surface area contributed by atoms with Crippen LogP contribution in [0, 0.1) is 0 Å². The topological polar surface area (TPSA) is 111 Å². The SMILES string of the molecule is CSc1cn([C@H]2C[C@H](O)[C@@H](CO)O2)c(=O)nc1N.